The minimum atomic E-state index is -4.16. The van der Waals surface area contributed by atoms with Gasteiger partial charge in [0.05, 0.1) is 22.1 Å². The smallest absolute Gasteiger partial charge is 0.262 e. The van der Waals surface area contributed by atoms with Crippen LogP contribution in [0.15, 0.2) is 77.7 Å². The number of nitrogens with zero attached hydrogens (tertiary/aromatic N) is 2. The van der Waals surface area contributed by atoms with Crippen molar-refractivity contribution in [3.05, 3.63) is 99.3 Å². The van der Waals surface area contributed by atoms with Crippen molar-refractivity contribution < 1.29 is 17.7 Å². The minimum Gasteiger partial charge on any atom is -0.262 e. The van der Waals surface area contributed by atoms with Crippen molar-refractivity contribution in [2.75, 3.05) is 4.31 Å². The van der Waals surface area contributed by atoms with Gasteiger partial charge in [-0.15, -0.1) is 0 Å². The first kappa shape index (κ1) is 19.8. The molecular weight excluding hydrogens is 407 g/mol. The molecule has 28 heavy (non-hydrogen) atoms. The summed E-state index contributed by atoms with van der Waals surface area (Å²) in [7, 11) is -4.16. The van der Waals surface area contributed by atoms with Crippen LogP contribution in [0.1, 0.15) is 5.56 Å². The van der Waals surface area contributed by atoms with E-state index in [4.69, 9.17) is 11.6 Å². The van der Waals surface area contributed by atoms with Crippen molar-refractivity contribution in [3.63, 3.8) is 0 Å². The van der Waals surface area contributed by atoms with E-state index in [1.807, 2.05) is 0 Å². The second-order valence-corrected chi connectivity index (χ2v) is 8.11. The Bertz CT molecular complexity index is 1110. The van der Waals surface area contributed by atoms with Gasteiger partial charge >= 0.3 is 0 Å². The lowest BCUT2D eigenvalue weighted by Crippen LogP contribution is -2.30. The van der Waals surface area contributed by atoms with Crippen molar-refractivity contribution in [1.29, 1.82) is 0 Å². The van der Waals surface area contributed by atoms with E-state index in [0.29, 0.717) is 11.3 Å². The molecule has 0 saturated carbocycles. The molecule has 3 aromatic rings. The topological polar surface area (TPSA) is 80.5 Å². The Morgan fingerprint density at radius 3 is 2.25 bits per heavy atom. The summed E-state index contributed by atoms with van der Waals surface area (Å²) in [6, 6.07) is 17.0. The summed E-state index contributed by atoms with van der Waals surface area (Å²) < 4.78 is 40.9. The van der Waals surface area contributed by atoms with Gasteiger partial charge in [0, 0.05) is 6.07 Å². The quantitative estimate of drug-likeness (QED) is 0.424. The Labute approximate surface area is 166 Å². The van der Waals surface area contributed by atoms with E-state index in [1.165, 1.54) is 36.4 Å². The van der Waals surface area contributed by atoms with Gasteiger partial charge in [-0.2, -0.15) is 0 Å². The molecule has 0 atom stereocenters. The molecule has 3 rings (SSSR count). The predicted octanol–water partition coefficient (Wildman–Crippen LogP) is 4.78. The lowest BCUT2D eigenvalue weighted by atomic mass is 10.2. The highest BCUT2D eigenvalue weighted by molar-refractivity contribution is 7.92. The van der Waals surface area contributed by atoms with E-state index < -0.39 is 26.5 Å². The first-order valence-electron chi connectivity index (χ1n) is 8.05. The van der Waals surface area contributed by atoms with Gasteiger partial charge in [0.1, 0.15) is 10.8 Å². The van der Waals surface area contributed by atoms with Crippen LogP contribution < -0.4 is 4.31 Å². The van der Waals surface area contributed by atoms with Crippen molar-refractivity contribution in [2.24, 2.45) is 0 Å². The third-order valence-electron chi connectivity index (χ3n) is 3.99. The molecule has 3 aromatic carbocycles. The summed E-state index contributed by atoms with van der Waals surface area (Å²) >= 11 is 5.80. The van der Waals surface area contributed by atoms with Crippen LogP contribution in [-0.4, -0.2) is 13.3 Å². The third-order valence-corrected chi connectivity index (χ3v) is 6.08. The standard InChI is InChI=1S/C19H14ClFN2O4S/c20-18-11-10-17(12-19(18)23(24)25)28(26,27)22(16-4-2-1-3-5-16)13-14-6-8-15(21)9-7-14/h1-12H,13H2. The van der Waals surface area contributed by atoms with E-state index >= 15 is 0 Å². The summed E-state index contributed by atoms with van der Waals surface area (Å²) in [4.78, 5) is 10.1. The molecular formula is C19H14ClFN2O4S. The zero-order valence-corrected chi connectivity index (χ0v) is 15.9. The van der Waals surface area contributed by atoms with Gasteiger partial charge in [-0.05, 0) is 42.0 Å². The number of hydrogen-bond donors (Lipinski definition) is 0. The number of para-hydroxylation sites is 1. The van der Waals surface area contributed by atoms with Crippen LogP contribution in [0, 0.1) is 15.9 Å². The summed E-state index contributed by atoms with van der Waals surface area (Å²) in [5, 5.41) is 11.0. The Balaban J connectivity index is 2.10. The van der Waals surface area contributed by atoms with Crippen molar-refractivity contribution in [3.8, 4) is 0 Å². The maximum atomic E-state index is 13.3. The molecule has 0 aliphatic heterocycles. The van der Waals surface area contributed by atoms with Gasteiger partial charge in [-0.3, -0.25) is 14.4 Å². The zero-order chi connectivity index (χ0) is 20.3. The molecule has 0 N–H and O–H groups in total. The van der Waals surface area contributed by atoms with Crippen LogP contribution in [0.3, 0.4) is 0 Å². The van der Waals surface area contributed by atoms with Gasteiger partial charge < -0.3 is 0 Å². The van der Waals surface area contributed by atoms with E-state index in [-0.39, 0.29) is 16.5 Å². The molecule has 0 fully saturated rings. The molecule has 0 bridgehead atoms. The number of sulfonamides is 1. The van der Waals surface area contributed by atoms with E-state index in [9.17, 15) is 22.9 Å². The van der Waals surface area contributed by atoms with Gasteiger partial charge in [0.15, 0.2) is 0 Å². The lowest BCUT2D eigenvalue weighted by Gasteiger charge is -2.24. The van der Waals surface area contributed by atoms with Crippen LogP contribution in [0.5, 0.6) is 0 Å². The van der Waals surface area contributed by atoms with Gasteiger partial charge in [0.2, 0.25) is 0 Å². The molecule has 0 radical (unpaired) electrons. The average Bonchev–Trinajstić information content (AvgIpc) is 2.68. The summed E-state index contributed by atoms with van der Waals surface area (Å²) in [5.41, 5.74) is 0.416. The largest absolute Gasteiger partial charge is 0.289 e. The van der Waals surface area contributed by atoms with Gasteiger partial charge in [0.25, 0.3) is 15.7 Å². The molecule has 0 heterocycles. The number of halogens is 2. The van der Waals surface area contributed by atoms with Crippen molar-refractivity contribution >= 4 is 33.0 Å². The van der Waals surface area contributed by atoms with Gasteiger partial charge in [-0.1, -0.05) is 41.9 Å². The fraction of sp³-hybridized carbons (Fsp3) is 0.0526. The van der Waals surface area contributed by atoms with Crippen LogP contribution in [0.25, 0.3) is 0 Å². The Hall–Kier alpha value is -2.97. The third kappa shape index (κ3) is 4.13. The molecule has 9 heteroatoms. The van der Waals surface area contributed by atoms with E-state index in [0.717, 1.165) is 10.4 Å². The van der Waals surface area contributed by atoms with Crippen molar-refractivity contribution in [2.45, 2.75) is 11.4 Å². The predicted molar refractivity (Wildman–Crippen MR) is 104 cm³/mol. The SMILES string of the molecule is O=[N+]([O-])c1cc(S(=O)(=O)N(Cc2ccc(F)cc2)c2ccccc2)ccc1Cl. The summed E-state index contributed by atoms with van der Waals surface area (Å²) in [6.45, 7) is -0.0803. The normalized spacial score (nSPS) is 11.2. The summed E-state index contributed by atoms with van der Waals surface area (Å²) in [6.07, 6.45) is 0. The molecule has 0 unspecified atom stereocenters. The monoisotopic (exact) mass is 420 g/mol. The maximum Gasteiger partial charge on any atom is 0.289 e. The number of nitro groups is 1. The van der Waals surface area contributed by atoms with Crippen LogP contribution in [0.2, 0.25) is 5.02 Å². The first-order valence-corrected chi connectivity index (χ1v) is 9.87. The Kier molecular flexibility index (Phi) is 5.62. The number of hydrogen-bond acceptors (Lipinski definition) is 4. The molecule has 0 aromatic heterocycles. The van der Waals surface area contributed by atoms with Crippen LogP contribution in [0.4, 0.5) is 15.8 Å². The molecule has 6 nitrogen and oxygen atoms in total. The highest BCUT2D eigenvalue weighted by atomic mass is 35.5. The highest BCUT2D eigenvalue weighted by Crippen LogP contribution is 2.31. The van der Waals surface area contributed by atoms with Crippen LogP contribution in [-0.2, 0) is 16.6 Å². The number of anilines is 1. The molecule has 0 saturated heterocycles. The number of benzene rings is 3. The van der Waals surface area contributed by atoms with E-state index in [2.05, 4.69) is 0 Å². The van der Waals surface area contributed by atoms with Crippen molar-refractivity contribution in [1.82, 2.24) is 0 Å². The molecule has 0 spiro atoms. The van der Waals surface area contributed by atoms with E-state index in [1.54, 1.807) is 30.3 Å². The summed E-state index contributed by atoms with van der Waals surface area (Å²) in [5.74, 6) is -0.439. The highest BCUT2D eigenvalue weighted by Gasteiger charge is 2.28. The number of nitro benzene ring substituents is 1. The first-order chi connectivity index (χ1) is 13.3. The van der Waals surface area contributed by atoms with Crippen LogP contribution >= 0.6 is 11.6 Å². The second-order valence-electron chi connectivity index (χ2n) is 5.84. The average molecular weight is 421 g/mol. The maximum absolute atomic E-state index is 13.3. The van der Waals surface area contributed by atoms with Gasteiger partial charge in [-0.25, -0.2) is 12.8 Å². The lowest BCUT2D eigenvalue weighted by molar-refractivity contribution is -0.384. The molecule has 0 aliphatic rings. The fourth-order valence-electron chi connectivity index (χ4n) is 2.59. The second kappa shape index (κ2) is 7.95. The fourth-order valence-corrected chi connectivity index (χ4v) is 4.24. The minimum absolute atomic E-state index is 0.0803. The Morgan fingerprint density at radius 1 is 1.00 bits per heavy atom. The molecule has 0 amide bonds. The molecule has 144 valence electrons. The number of rotatable bonds is 6. The zero-order valence-electron chi connectivity index (χ0n) is 14.3. The Morgan fingerprint density at radius 2 is 1.64 bits per heavy atom. The molecule has 0 aliphatic carbocycles.